The highest BCUT2D eigenvalue weighted by atomic mass is 16.4. The number of aliphatic carboxylic acids is 1. The minimum Gasteiger partial charge on any atom is -0.481 e. The lowest BCUT2D eigenvalue weighted by Gasteiger charge is -2.26. The summed E-state index contributed by atoms with van der Waals surface area (Å²) in [5.74, 6) is 0.551. The lowest BCUT2D eigenvalue weighted by Crippen LogP contribution is -2.34. The molecule has 0 aromatic heterocycles. The molecule has 0 aromatic carbocycles. The fourth-order valence-electron chi connectivity index (χ4n) is 3.13. The molecule has 3 heteroatoms. The van der Waals surface area contributed by atoms with Gasteiger partial charge in [0.25, 0.3) is 0 Å². The first-order chi connectivity index (χ1) is 5.74. The first kappa shape index (κ1) is 8.05. The van der Waals surface area contributed by atoms with Crippen LogP contribution in [0.4, 0.5) is 0 Å². The summed E-state index contributed by atoms with van der Waals surface area (Å²) in [4.78, 5) is 10.9. The molecule has 3 nitrogen and oxygen atoms in total. The number of hydrogen-bond acceptors (Lipinski definition) is 2. The lowest BCUT2D eigenvalue weighted by atomic mass is 9.79. The third kappa shape index (κ3) is 0.959. The Labute approximate surface area is 71.9 Å². The van der Waals surface area contributed by atoms with Crippen LogP contribution in [0.3, 0.4) is 0 Å². The summed E-state index contributed by atoms with van der Waals surface area (Å²) in [5, 5.41) is 8.98. The molecule has 0 aromatic rings. The maximum atomic E-state index is 10.9. The third-order valence-electron chi connectivity index (χ3n) is 3.65. The Kier molecular flexibility index (Phi) is 1.83. The van der Waals surface area contributed by atoms with E-state index in [1.807, 2.05) is 0 Å². The number of carboxylic acid groups (broad SMARTS) is 1. The minimum atomic E-state index is -0.627. The van der Waals surface area contributed by atoms with Crippen LogP contribution < -0.4 is 5.73 Å². The predicted molar refractivity (Wildman–Crippen MR) is 44.5 cm³/mol. The highest BCUT2D eigenvalue weighted by Crippen LogP contribution is 2.51. The molecule has 2 aliphatic carbocycles. The second kappa shape index (κ2) is 2.73. The van der Waals surface area contributed by atoms with Gasteiger partial charge < -0.3 is 10.8 Å². The van der Waals surface area contributed by atoms with Crippen LogP contribution in [0.2, 0.25) is 0 Å². The summed E-state index contributed by atoms with van der Waals surface area (Å²) >= 11 is 0. The number of hydrogen-bond donors (Lipinski definition) is 2. The van der Waals surface area contributed by atoms with Gasteiger partial charge in [0, 0.05) is 0 Å². The van der Waals surface area contributed by atoms with Gasteiger partial charge in [0.1, 0.15) is 0 Å². The Balaban J connectivity index is 2.16. The van der Waals surface area contributed by atoms with Crippen molar-refractivity contribution in [2.45, 2.75) is 19.3 Å². The number of carbonyl (C=O) groups is 1. The minimum absolute atomic E-state index is 0.131. The van der Waals surface area contributed by atoms with Crippen molar-refractivity contribution in [2.75, 3.05) is 6.54 Å². The predicted octanol–water partition coefficient (Wildman–Crippen LogP) is 0.692. The van der Waals surface area contributed by atoms with E-state index in [0.717, 1.165) is 12.8 Å². The van der Waals surface area contributed by atoms with Crippen molar-refractivity contribution in [3.8, 4) is 0 Å². The summed E-state index contributed by atoms with van der Waals surface area (Å²) in [7, 11) is 0. The first-order valence-electron chi connectivity index (χ1n) is 4.67. The van der Waals surface area contributed by atoms with E-state index in [1.165, 1.54) is 6.42 Å². The summed E-state index contributed by atoms with van der Waals surface area (Å²) in [6, 6.07) is 0. The van der Waals surface area contributed by atoms with Crippen molar-refractivity contribution in [1.29, 1.82) is 0 Å². The van der Waals surface area contributed by atoms with E-state index in [0.29, 0.717) is 18.4 Å². The molecule has 68 valence electrons. The van der Waals surface area contributed by atoms with Crippen molar-refractivity contribution in [1.82, 2.24) is 0 Å². The molecule has 3 N–H and O–H groups in total. The average molecular weight is 169 g/mol. The standard InChI is InChI=1S/C9H15NO2/c10-4-7-5-1-2-6(3-5)8(7)9(11)12/h5-8H,1-4,10H2,(H,11,12). The van der Waals surface area contributed by atoms with Crippen molar-refractivity contribution in [3.63, 3.8) is 0 Å². The molecule has 2 bridgehead atoms. The van der Waals surface area contributed by atoms with Crippen LogP contribution in [0.15, 0.2) is 0 Å². The fraction of sp³-hybridized carbons (Fsp3) is 0.889. The fourth-order valence-corrected chi connectivity index (χ4v) is 3.13. The van der Waals surface area contributed by atoms with Gasteiger partial charge in [-0.15, -0.1) is 0 Å². The van der Waals surface area contributed by atoms with Crippen LogP contribution in [-0.4, -0.2) is 17.6 Å². The molecule has 2 fully saturated rings. The molecule has 0 heterocycles. The third-order valence-corrected chi connectivity index (χ3v) is 3.65. The van der Waals surface area contributed by atoms with Crippen molar-refractivity contribution >= 4 is 5.97 Å². The molecule has 12 heavy (non-hydrogen) atoms. The smallest absolute Gasteiger partial charge is 0.307 e. The normalized spacial score (nSPS) is 45.1. The van der Waals surface area contributed by atoms with Crippen LogP contribution in [-0.2, 0) is 4.79 Å². The van der Waals surface area contributed by atoms with Crippen LogP contribution in [0.25, 0.3) is 0 Å². The van der Waals surface area contributed by atoms with E-state index in [1.54, 1.807) is 0 Å². The number of nitrogens with two attached hydrogens (primary N) is 1. The Morgan fingerprint density at radius 1 is 1.42 bits per heavy atom. The van der Waals surface area contributed by atoms with E-state index < -0.39 is 5.97 Å². The van der Waals surface area contributed by atoms with Crippen LogP contribution in [0, 0.1) is 23.7 Å². The molecule has 0 saturated heterocycles. The molecule has 0 radical (unpaired) electrons. The second-order valence-corrected chi connectivity index (χ2v) is 4.10. The van der Waals surface area contributed by atoms with Crippen LogP contribution in [0.5, 0.6) is 0 Å². The van der Waals surface area contributed by atoms with Crippen LogP contribution >= 0.6 is 0 Å². The van der Waals surface area contributed by atoms with Gasteiger partial charge in [-0.2, -0.15) is 0 Å². The molecule has 2 aliphatic rings. The van der Waals surface area contributed by atoms with Crippen LogP contribution in [0.1, 0.15) is 19.3 Å². The molecular weight excluding hydrogens is 154 g/mol. The highest BCUT2D eigenvalue weighted by molar-refractivity contribution is 5.71. The zero-order valence-corrected chi connectivity index (χ0v) is 7.07. The highest BCUT2D eigenvalue weighted by Gasteiger charge is 2.50. The maximum Gasteiger partial charge on any atom is 0.307 e. The quantitative estimate of drug-likeness (QED) is 0.639. The van der Waals surface area contributed by atoms with E-state index in [-0.39, 0.29) is 11.8 Å². The Morgan fingerprint density at radius 3 is 2.58 bits per heavy atom. The molecule has 0 spiro atoms. The summed E-state index contributed by atoms with van der Waals surface area (Å²) in [6.07, 6.45) is 3.42. The molecule has 2 rings (SSSR count). The van der Waals surface area contributed by atoms with Gasteiger partial charge in [0.05, 0.1) is 5.92 Å². The average Bonchev–Trinajstić information content (AvgIpc) is 2.60. The van der Waals surface area contributed by atoms with Crippen molar-refractivity contribution in [3.05, 3.63) is 0 Å². The molecule has 0 aliphatic heterocycles. The van der Waals surface area contributed by atoms with E-state index in [9.17, 15) is 4.79 Å². The van der Waals surface area contributed by atoms with Crippen molar-refractivity contribution < 1.29 is 9.90 Å². The molecule has 4 unspecified atom stereocenters. The van der Waals surface area contributed by atoms with Gasteiger partial charge in [0.15, 0.2) is 0 Å². The SMILES string of the molecule is NCC1C2CCC(C2)C1C(=O)O. The molecule has 4 atom stereocenters. The summed E-state index contributed by atoms with van der Waals surface area (Å²) in [6.45, 7) is 0.554. The molecular formula is C9H15NO2. The number of carboxylic acids is 1. The Hall–Kier alpha value is -0.570. The lowest BCUT2D eigenvalue weighted by molar-refractivity contribution is -0.145. The topological polar surface area (TPSA) is 63.3 Å². The van der Waals surface area contributed by atoms with Gasteiger partial charge in [-0.1, -0.05) is 0 Å². The first-order valence-corrected chi connectivity index (χ1v) is 4.67. The van der Waals surface area contributed by atoms with E-state index in [4.69, 9.17) is 10.8 Å². The van der Waals surface area contributed by atoms with Gasteiger partial charge in [-0.05, 0) is 43.6 Å². The van der Waals surface area contributed by atoms with Gasteiger partial charge >= 0.3 is 5.97 Å². The van der Waals surface area contributed by atoms with Gasteiger partial charge in [-0.3, -0.25) is 4.79 Å². The second-order valence-electron chi connectivity index (χ2n) is 4.10. The van der Waals surface area contributed by atoms with E-state index >= 15 is 0 Å². The zero-order valence-electron chi connectivity index (χ0n) is 7.07. The van der Waals surface area contributed by atoms with Crippen molar-refractivity contribution in [2.24, 2.45) is 29.4 Å². The molecule has 0 amide bonds. The summed E-state index contributed by atoms with van der Waals surface area (Å²) in [5.41, 5.74) is 5.59. The number of fused-ring (bicyclic) bond motifs is 2. The Bertz CT molecular complexity index is 205. The monoisotopic (exact) mass is 169 g/mol. The van der Waals surface area contributed by atoms with E-state index in [2.05, 4.69) is 0 Å². The Morgan fingerprint density at radius 2 is 2.08 bits per heavy atom. The number of rotatable bonds is 2. The summed E-state index contributed by atoms with van der Waals surface area (Å²) < 4.78 is 0. The maximum absolute atomic E-state index is 10.9. The van der Waals surface area contributed by atoms with Gasteiger partial charge in [-0.25, -0.2) is 0 Å². The zero-order chi connectivity index (χ0) is 8.72. The van der Waals surface area contributed by atoms with Gasteiger partial charge in [0.2, 0.25) is 0 Å². The largest absolute Gasteiger partial charge is 0.481 e. The molecule has 2 saturated carbocycles.